The van der Waals surface area contributed by atoms with E-state index in [1.54, 1.807) is 11.3 Å². The Morgan fingerprint density at radius 2 is 1.97 bits per heavy atom. The van der Waals surface area contributed by atoms with Gasteiger partial charge in [0.2, 0.25) is 0 Å². The van der Waals surface area contributed by atoms with Crippen LogP contribution in [-0.4, -0.2) is 60.1 Å². The van der Waals surface area contributed by atoms with Gasteiger partial charge in [0.15, 0.2) is 0 Å². The first kappa shape index (κ1) is 20.6. The monoisotopic (exact) mass is 424 g/mol. The molecule has 4 rings (SSSR count). The second-order valence-corrected chi connectivity index (χ2v) is 8.68. The van der Waals surface area contributed by atoms with Crippen molar-refractivity contribution in [2.75, 3.05) is 39.3 Å². The van der Waals surface area contributed by atoms with Gasteiger partial charge in [0.25, 0.3) is 0 Å². The van der Waals surface area contributed by atoms with E-state index >= 15 is 0 Å². The van der Waals surface area contributed by atoms with E-state index in [-0.39, 0.29) is 12.1 Å². The summed E-state index contributed by atoms with van der Waals surface area (Å²) in [5, 5.41) is 4.11. The lowest BCUT2D eigenvalue weighted by Crippen LogP contribution is -2.52. The summed E-state index contributed by atoms with van der Waals surface area (Å²) >= 11 is 1.76. The first-order valence-electron chi connectivity index (χ1n) is 10.4. The van der Waals surface area contributed by atoms with Crippen molar-refractivity contribution in [3.05, 3.63) is 59.1 Å². The molecule has 30 heavy (non-hydrogen) atoms. The van der Waals surface area contributed by atoms with E-state index in [9.17, 15) is 4.79 Å². The van der Waals surface area contributed by atoms with Gasteiger partial charge in [-0.1, -0.05) is 24.3 Å². The molecule has 1 unspecified atom stereocenters. The SMILES string of the molecule is Cc1cccc(OCCNC(=O)N2CCN(C(C)c3nc4ccccc4s3)CC2)c1. The van der Waals surface area contributed by atoms with Gasteiger partial charge in [-0.2, -0.15) is 0 Å². The van der Waals surface area contributed by atoms with Gasteiger partial charge in [0.05, 0.1) is 22.8 Å². The van der Waals surface area contributed by atoms with Crippen LogP contribution >= 0.6 is 11.3 Å². The minimum absolute atomic E-state index is 0.0184. The van der Waals surface area contributed by atoms with Gasteiger partial charge in [0, 0.05) is 26.2 Å². The number of thiazole rings is 1. The lowest BCUT2D eigenvalue weighted by atomic mass is 10.2. The molecule has 2 heterocycles. The molecule has 1 aliphatic rings. The quantitative estimate of drug-likeness (QED) is 0.606. The molecule has 2 aromatic carbocycles. The van der Waals surface area contributed by atoms with Gasteiger partial charge in [-0.3, -0.25) is 4.90 Å². The summed E-state index contributed by atoms with van der Waals surface area (Å²) in [6.07, 6.45) is 0. The summed E-state index contributed by atoms with van der Waals surface area (Å²) in [4.78, 5) is 21.5. The predicted molar refractivity (Wildman–Crippen MR) is 121 cm³/mol. The molecule has 0 spiro atoms. The third-order valence-corrected chi connectivity index (χ3v) is 6.66. The number of carbonyl (C=O) groups is 1. The molecule has 3 aromatic rings. The summed E-state index contributed by atoms with van der Waals surface area (Å²) in [5.74, 6) is 0.835. The van der Waals surface area contributed by atoms with Crippen molar-refractivity contribution < 1.29 is 9.53 Å². The first-order chi connectivity index (χ1) is 14.6. The molecule has 1 N–H and O–H groups in total. The Kier molecular flexibility index (Phi) is 6.50. The Bertz CT molecular complexity index is 965. The minimum Gasteiger partial charge on any atom is -0.492 e. The predicted octanol–water partition coefficient (Wildman–Crippen LogP) is 4.07. The van der Waals surface area contributed by atoms with E-state index < -0.39 is 0 Å². The normalized spacial score (nSPS) is 15.9. The number of aryl methyl sites for hydroxylation is 1. The second kappa shape index (κ2) is 9.45. The number of carbonyl (C=O) groups excluding carboxylic acids is 1. The van der Waals surface area contributed by atoms with Crippen LogP contribution in [0.3, 0.4) is 0 Å². The van der Waals surface area contributed by atoms with Crippen molar-refractivity contribution in [3.8, 4) is 5.75 Å². The zero-order chi connectivity index (χ0) is 20.9. The summed E-state index contributed by atoms with van der Waals surface area (Å²) in [7, 11) is 0. The highest BCUT2D eigenvalue weighted by Crippen LogP contribution is 2.29. The van der Waals surface area contributed by atoms with E-state index in [4.69, 9.17) is 9.72 Å². The molecule has 0 aliphatic carbocycles. The lowest BCUT2D eigenvalue weighted by molar-refractivity contribution is 0.113. The molecule has 2 amide bonds. The Morgan fingerprint density at radius 3 is 2.73 bits per heavy atom. The molecule has 158 valence electrons. The van der Waals surface area contributed by atoms with Crippen LogP contribution in [-0.2, 0) is 0 Å². The van der Waals surface area contributed by atoms with Crippen molar-refractivity contribution in [3.63, 3.8) is 0 Å². The van der Waals surface area contributed by atoms with Crippen molar-refractivity contribution in [1.82, 2.24) is 20.1 Å². The van der Waals surface area contributed by atoms with Gasteiger partial charge in [-0.15, -0.1) is 11.3 Å². The number of nitrogens with zero attached hydrogens (tertiary/aromatic N) is 3. The van der Waals surface area contributed by atoms with Crippen LogP contribution in [0, 0.1) is 6.92 Å². The smallest absolute Gasteiger partial charge is 0.317 e. The molecule has 1 fully saturated rings. The van der Waals surface area contributed by atoms with Crippen molar-refractivity contribution >= 4 is 27.6 Å². The Balaban J connectivity index is 1.21. The van der Waals surface area contributed by atoms with Crippen LogP contribution in [0.4, 0.5) is 4.79 Å². The zero-order valence-electron chi connectivity index (χ0n) is 17.5. The number of aromatic nitrogens is 1. The van der Waals surface area contributed by atoms with E-state index in [1.165, 1.54) is 4.70 Å². The van der Waals surface area contributed by atoms with E-state index in [2.05, 4.69) is 35.3 Å². The molecular weight excluding hydrogens is 396 g/mol. The van der Waals surface area contributed by atoms with Crippen molar-refractivity contribution in [2.45, 2.75) is 19.9 Å². The highest BCUT2D eigenvalue weighted by atomic mass is 32.1. The zero-order valence-corrected chi connectivity index (χ0v) is 18.3. The average Bonchev–Trinajstić information content (AvgIpc) is 3.20. The molecule has 1 aliphatic heterocycles. The molecule has 6 nitrogen and oxygen atoms in total. The number of fused-ring (bicyclic) bond motifs is 1. The van der Waals surface area contributed by atoms with Crippen LogP contribution in [0.5, 0.6) is 5.75 Å². The fourth-order valence-corrected chi connectivity index (χ4v) is 4.73. The Labute approximate surface area is 181 Å². The summed E-state index contributed by atoms with van der Waals surface area (Å²) in [6, 6.07) is 16.4. The summed E-state index contributed by atoms with van der Waals surface area (Å²) < 4.78 is 6.93. The standard InChI is InChI=1S/C23H28N4O2S/c1-17-6-5-7-19(16-17)29-15-10-24-23(28)27-13-11-26(12-14-27)18(2)22-25-20-8-3-4-9-21(20)30-22/h3-9,16,18H,10-15H2,1-2H3,(H,24,28). The van der Waals surface area contributed by atoms with Crippen LogP contribution in [0.25, 0.3) is 10.2 Å². The number of para-hydroxylation sites is 1. The van der Waals surface area contributed by atoms with Gasteiger partial charge >= 0.3 is 6.03 Å². The lowest BCUT2D eigenvalue weighted by Gasteiger charge is -2.37. The first-order valence-corrected chi connectivity index (χ1v) is 11.2. The molecule has 1 atom stereocenters. The average molecular weight is 425 g/mol. The Morgan fingerprint density at radius 1 is 1.17 bits per heavy atom. The van der Waals surface area contributed by atoms with E-state index in [0.29, 0.717) is 13.2 Å². The number of hydrogen-bond acceptors (Lipinski definition) is 5. The minimum atomic E-state index is -0.0184. The van der Waals surface area contributed by atoms with Gasteiger partial charge in [-0.05, 0) is 43.7 Å². The number of nitrogens with one attached hydrogen (secondary N) is 1. The fraction of sp³-hybridized carbons (Fsp3) is 0.391. The molecule has 0 bridgehead atoms. The van der Waals surface area contributed by atoms with Gasteiger partial charge in [-0.25, -0.2) is 9.78 Å². The maximum absolute atomic E-state index is 12.5. The molecule has 1 aromatic heterocycles. The maximum atomic E-state index is 12.5. The van der Waals surface area contributed by atoms with Gasteiger partial charge in [0.1, 0.15) is 17.4 Å². The van der Waals surface area contributed by atoms with Crippen molar-refractivity contribution in [2.24, 2.45) is 0 Å². The molecule has 1 saturated heterocycles. The molecular formula is C23H28N4O2S. The number of amides is 2. The maximum Gasteiger partial charge on any atom is 0.317 e. The van der Waals surface area contributed by atoms with Crippen LogP contribution < -0.4 is 10.1 Å². The van der Waals surface area contributed by atoms with Crippen LogP contribution in [0.1, 0.15) is 23.5 Å². The molecule has 0 radical (unpaired) electrons. The number of ether oxygens (including phenoxy) is 1. The van der Waals surface area contributed by atoms with E-state index in [0.717, 1.165) is 48.0 Å². The summed E-state index contributed by atoms with van der Waals surface area (Å²) in [5.41, 5.74) is 2.23. The van der Waals surface area contributed by atoms with Crippen LogP contribution in [0.2, 0.25) is 0 Å². The third kappa shape index (κ3) is 4.91. The van der Waals surface area contributed by atoms with Crippen LogP contribution in [0.15, 0.2) is 48.5 Å². The van der Waals surface area contributed by atoms with Crippen molar-refractivity contribution in [1.29, 1.82) is 0 Å². The highest BCUT2D eigenvalue weighted by Gasteiger charge is 2.26. The largest absolute Gasteiger partial charge is 0.492 e. The van der Waals surface area contributed by atoms with E-state index in [1.807, 2.05) is 42.2 Å². The number of benzene rings is 2. The molecule has 7 heteroatoms. The molecule has 0 saturated carbocycles. The highest BCUT2D eigenvalue weighted by molar-refractivity contribution is 7.18. The second-order valence-electron chi connectivity index (χ2n) is 7.62. The summed E-state index contributed by atoms with van der Waals surface area (Å²) in [6.45, 7) is 8.34. The number of urea groups is 1. The fourth-order valence-electron chi connectivity index (χ4n) is 3.68. The Hall–Kier alpha value is -2.64. The number of hydrogen-bond donors (Lipinski definition) is 1. The number of rotatable bonds is 6. The topological polar surface area (TPSA) is 57.7 Å². The third-order valence-electron chi connectivity index (χ3n) is 5.45. The number of piperazine rings is 1. The van der Waals surface area contributed by atoms with Gasteiger partial charge < -0.3 is 15.0 Å².